The van der Waals surface area contributed by atoms with Crippen LogP contribution in [-0.4, -0.2) is 28.2 Å². The summed E-state index contributed by atoms with van der Waals surface area (Å²) < 4.78 is 9.53. The second-order valence-corrected chi connectivity index (χ2v) is 18.9. The van der Waals surface area contributed by atoms with E-state index in [1.807, 2.05) is 0 Å². The minimum Gasteiger partial charge on any atom is -0.309 e. The molecule has 11 aromatic carbocycles. The Morgan fingerprint density at radius 3 is 1.08 bits per heavy atom. The highest BCUT2D eigenvalue weighted by Crippen LogP contribution is 2.41. The molecule has 16 rings (SSSR count). The van der Waals surface area contributed by atoms with E-state index in [9.17, 15) is 0 Å². The summed E-state index contributed by atoms with van der Waals surface area (Å²) in [6, 6.07) is 87.8. The van der Waals surface area contributed by atoms with Crippen LogP contribution in [0.2, 0.25) is 0 Å². The zero-order valence-corrected chi connectivity index (χ0v) is 38.8. The lowest BCUT2D eigenvalue weighted by Gasteiger charge is -2.15. The van der Waals surface area contributed by atoms with Gasteiger partial charge in [0.2, 0.25) is 0 Å². The van der Waals surface area contributed by atoms with Gasteiger partial charge in [-0.15, -0.1) is 0 Å². The second-order valence-electron chi connectivity index (χ2n) is 18.9. The average molecular weight is 917 g/mol. The lowest BCUT2D eigenvalue weighted by Crippen LogP contribution is -2.03. The van der Waals surface area contributed by atoms with Gasteiger partial charge in [0.05, 0.1) is 49.7 Å². The molecule has 0 amide bonds. The third-order valence-corrected chi connectivity index (χ3v) is 15.2. The Labute approximate surface area is 412 Å². The van der Waals surface area contributed by atoms with Crippen LogP contribution in [0, 0.1) is 0 Å². The number of rotatable bonds is 5. The molecule has 0 radical (unpaired) electrons. The van der Waals surface area contributed by atoms with Crippen LogP contribution in [0.25, 0.3) is 143 Å². The molecule has 5 heterocycles. The van der Waals surface area contributed by atoms with Crippen molar-refractivity contribution in [1.82, 2.24) is 28.2 Å². The normalized spacial score (nSPS) is 12.2. The number of nitrogens with zero attached hydrogens (tertiary/aromatic N) is 6. The minimum atomic E-state index is 0.672. The molecule has 0 saturated carbocycles. The smallest absolute Gasteiger partial charge is 0.162 e. The minimum absolute atomic E-state index is 0.672. The molecule has 0 aliphatic rings. The number of benzene rings is 11. The van der Waals surface area contributed by atoms with Crippen LogP contribution >= 0.6 is 0 Å². The summed E-state index contributed by atoms with van der Waals surface area (Å²) in [5.74, 6) is 1.52. The predicted molar refractivity (Wildman–Crippen MR) is 300 cm³/mol. The summed E-state index contributed by atoms with van der Waals surface area (Å²) in [5, 5.41) is 13.0. The van der Waals surface area contributed by atoms with Crippen LogP contribution in [0.1, 0.15) is 0 Å². The molecule has 0 aliphatic carbocycles. The number of aromatic nitrogens is 6. The highest BCUT2D eigenvalue weighted by Gasteiger charge is 2.22. The maximum Gasteiger partial charge on any atom is 0.162 e. The molecule has 6 nitrogen and oxygen atoms in total. The Hall–Kier alpha value is -9.78. The van der Waals surface area contributed by atoms with Gasteiger partial charge in [-0.3, -0.25) is 4.57 Å². The van der Waals surface area contributed by atoms with Crippen LogP contribution in [-0.2, 0) is 0 Å². The van der Waals surface area contributed by atoms with E-state index < -0.39 is 0 Å². The molecule has 0 saturated heterocycles. The Morgan fingerprint density at radius 1 is 0.236 bits per heavy atom. The van der Waals surface area contributed by atoms with E-state index in [1.54, 1.807) is 0 Å². The molecule has 0 aliphatic heterocycles. The SMILES string of the molecule is c1ccc2c(c1)ccc1c(-n3c4ccccc4c4cc(-n5c6ccccc6c6ccccc65)ccc43)nc(-c3ccc(-n4c5ccccc5c5cc(-n6c7ccccc7c7ccccc76)ccc54)cc3)nc12. The highest BCUT2D eigenvalue weighted by molar-refractivity contribution is 6.15. The summed E-state index contributed by atoms with van der Waals surface area (Å²) in [6.45, 7) is 0. The van der Waals surface area contributed by atoms with Crippen LogP contribution in [0.4, 0.5) is 0 Å². The summed E-state index contributed by atoms with van der Waals surface area (Å²) in [6.07, 6.45) is 0. The Kier molecular flexibility index (Phi) is 8.07. The van der Waals surface area contributed by atoms with Gasteiger partial charge in [-0.05, 0) is 109 Å². The Bertz CT molecular complexity index is 4820. The van der Waals surface area contributed by atoms with Crippen LogP contribution in [0.15, 0.2) is 243 Å². The molecule has 5 aromatic heterocycles. The lowest BCUT2D eigenvalue weighted by atomic mass is 10.1. The first-order chi connectivity index (χ1) is 35.7. The molecule has 334 valence electrons. The van der Waals surface area contributed by atoms with Crippen molar-refractivity contribution >= 4 is 109 Å². The van der Waals surface area contributed by atoms with E-state index in [-0.39, 0.29) is 0 Å². The predicted octanol–water partition coefficient (Wildman–Crippen LogP) is 16.8. The van der Waals surface area contributed by atoms with Gasteiger partial charge in [-0.25, -0.2) is 9.97 Å². The first-order valence-corrected chi connectivity index (χ1v) is 24.6. The van der Waals surface area contributed by atoms with Gasteiger partial charge in [0.25, 0.3) is 0 Å². The maximum absolute atomic E-state index is 5.58. The van der Waals surface area contributed by atoms with E-state index in [2.05, 4.69) is 261 Å². The van der Waals surface area contributed by atoms with Crippen molar-refractivity contribution < 1.29 is 0 Å². The van der Waals surface area contributed by atoms with Gasteiger partial charge >= 0.3 is 0 Å². The van der Waals surface area contributed by atoms with Gasteiger partial charge in [0.15, 0.2) is 5.82 Å². The Morgan fingerprint density at radius 2 is 0.597 bits per heavy atom. The molecule has 0 fully saturated rings. The van der Waals surface area contributed by atoms with E-state index in [1.165, 1.54) is 59.8 Å². The average Bonchev–Trinajstić information content (AvgIpc) is 4.17. The van der Waals surface area contributed by atoms with E-state index in [0.29, 0.717) is 5.82 Å². The summed E-state index contributed by atoms with van der Waals surface area (Å²) in [7, 11) is 0. The molecule has 0 spiro atoms. The van der Waals surface area contributed by atoms with Gasteiger partial charge in [0.1, 0.15) is 5.82 Å². The monoisotopic (exact) mass is 916 g/mol. The third kappa shape index (κ3) is 5.49. The second kappa shape index (κ2) is 14.9. The summed E-state index contributed by atoms with van der Waals surface area (Å²) in [5.41, 5.74) is 14.5. The fraction of sp³-hybridized carbons (Fsp3) is 0. The number of para-hydroxylation sites is 6. The first-order valence-electron chi connectivity index (χ1n) is 24.6. The number of hydrogen-bond acceptors (Lipinski definition) is 2. The van der Waals surface area contributed by atoms with E-state index in [0.717, 1.165) is 77.6 Å². The van der Waals surface area contributed by atoms with Gasteiger partial charge in [0, 0.05) is 76.5 Å². The molecule has 16 aromatic rings. The standard InChI is InChI=1S/C66H40N6/c1-2-16-46-41(15-1)31-36-53-64(46)67-65(68-66(53)72-61-28-14-8-22-52(61)55-40-45(35-38-63(55)72)71-58-25-11-5-19-49(58)50-20-6-12-26-59(50)71)42-29-32-43(33-30-42)69-60-27-13-7-21-51(60)54-39-44(34-37-62(54)69)70-56-23-9-3-17-47(56)48-18-4-10-24-57(48)70/h1-40H. The third-order valence-electron chi connectivity index (χ3n) is 15.2. The molecular formula is C66H40N6. The lowest BCUT2D eigenvalue weighted by molar-refractivity contribution is 1.07. The van der Waals surface area contributed by atoms with Crippen LogP contribution in [0.5, 0.6) is 0 Å². The molecule has 0 bridgehead atoms. The van der Waals surface area contributed by atoms with E-state index >= 15 is 0 Å². The quantitative estimate of drug-likeness (QED) is 0.162. The van der Waals surface area contributed by atoms with Crippen molar-refractivity contribution in [3.05, 3.63) is 243 Å². The van der Waals surface area contributed by atoms with Gasteiger partial charge in [-0.2, -0.15) is 0 Å². The topological polar surface area (TPSA) is 45.5 Å². The van der Waals surface area contributed by atoms with Crippen molar-refractivity contribution in [1.29, 1.82) is 0 Å². The fourth-order valence-corrected chi connectivity index (χ4v) is 12.0. The first kappa shape index (κ1) is 39.1. The summed E-state index contributed by atoms with van der Waals surface area (Å²) in [4.78, 5) is 11.0. The molecule has 0 unspecified atom stereocenters. The molecule has 6 heteroatoms. The number of fused-ring (bicyclic) bond motifs is 15. The van der Waals surface area contributed by atoms with Gasteiger partial charge in [-0.1, -0.05) is 140 Å². The zero-order chi connectivity index (χ0) is 47.0. The molecule has 72 heavy (non-hydrogen) atoms. The molecular weight excluding hydrogens is 877 g/mol. The van der Waals surface area contributed by atoms with Crippen LogP contribution < -0.4 is 0 Å². The molecule has 0 N–H and O–H groups in total. The fourth-order valence-electron chi connectivity index (χ4n) is 12.0. The van der Waals surface area contributed by atoms with Crippen molar-refractivity contribution in [2.45, 2.75) is 0 Å². The van der Waals surface area contributed by atoms with Crippen molar-refractivity contribution in [3.8, 4) is 34.3 Å². The largest absolute Gasteiger partial charge is 0.309 e. The van der Waals surface area contributed by atoms with Gasteiger partial charge < -0.3 is 13.7 Å². The zero-order valence-electron chi connectivity index (χ0n) is 38.8. The summed E-state index contributed by atoms with van der Waals surface area (Å²) >= 11 is 0. The Balaban J connectivity index is 0.870. The van der Waals surface area contributed by atoms with E-state index in [4.69, 9.17) is 9.97 Å². The number of hydrogen-bond donors (Lipinski definition) is 0. The van der Waals surface area contributed by atoms with Crippen molar-refractivity contribution in [3.63, 3.8) is 0 Å². The van der Waals surface area contributed by atoms with Crippen molar-refractivity contribution in [2.75, 3.05) is 0 Å². The van der Waals surface area contributed by atoms with Crippen molar-refractivity contribution in [2.24, 2.45) is 0 Å². The maximum atomic E-state index is 5.58. The van der Waals surface area contributed by atoms with Crippen LogP contribution in [0.3, 0.4) is 0 Å². The molecule has 0 atom stereocenters. The highest BCUT2D eigenvalue weighted by atomic mass is 15.1.